The number of unbranched alkanes of at least 4 members (excludes halogenated alkanes) is 1. The summed E-state index contributed by atoms with van der Waals surface area (Å²) in [6.07, 6.45) is 3.09. The van der Waals surface area contributed by atoms with Gasteiger partial charge < -0.3 is 0 Å². The first kappa shape index (κ1) is 24.7. The molecule has 0 saturated carbocycles. The van der Waals surface area contributed by atoms with Crippen molar-refractivity contribution in [1.29, 1.82) is 0 Å². The third kappa shape index (κ3) is 6.55. The van der Waals surface area contributed by atoms with Crippen LogP contribution in [0.5, 0.6) is 0 Å². The summed E-state index contributed by atoms with van der Waals surface area (Å²) >= 11 is 1.07. The van der Waals surface area contributed by atoms with Crippen LogP contribution < -0.4 is 0 Å². The van der Waals surface area contributed by atoms with Gasteiger partial charge in [0.05, 0.1) is 16.3 Å². The topological polar surface area (TPSA) is 54.5 Å². The van der Waals surface area contributed by atoms with E-state index in [2.05, 4.69) is 0 Å². The molecule has 0 aliphatic rings. The van der Waals surface area contributed by atoms with E-state index in [1.54, 1.807) is 54.6 Å². The molecule has 0 heterocycles. The zero-order valence-electron chi connectivity index (χ0n) is 18.6. The number of aryl methyl sites for hydroxylation is 1. The number of amides is 1. The minimum atomic E-state index is -4.13. The highest BCUT2D eigenvalue weighted by Gasteiger charge is 2.32. The second-order valence-corrected chi connectivity index (χ2v) is 10.5. The SMILES string of the molecule is CCC/C=C(/Sc1cccc(F)c1)C(=O)N(Cc1ccccc1)S(=O)(=O)c1ccc(C)cc1. The average Bonchev–Trinajstić information content (AvgIpc) is 2.80. The van der Waals surface area contributed by atoms with Crippen molar-refractivity contribution >= 4 is 27.7 Å². The normalized spacial score (nSPS) is 11.9. The van der Waals surface area contributed by atoms with Crippen LogP contribution in [-0.2, 0) is 21.4 Å². The van der Waals surface area contributed by atoms with Gasteiger partial charge in [-0.3, -0.25) is 4.79 Å². The molecule has 0 atom stereocenters. The fraction of sp³-hybridized carbons (Fsp3) is 0.192. The number of hydrogen-bond acceptors (Lipinski definition) is 4. The lowest BCUT2D eigenvalue weighted by molar-refractivity contribution is -0.122. The van der Waals surface area contributed by atoms with Crippen LogP contribution in [0.4, 0.5) is 4.39 Å². The van der Waals surface area contributed by atoms with Crippen LogP contribution in [-0.4, -0.2) is 18.6 Å². The molecule has 0 bridgehead atoms. The molecule has 0 aliphatic carbocycles. The van der Waals surface area contributed by atoms with Crippen molar-refractivity contribution in [2.75, 3.05) is 0 Å². The third-order valence-corrected chi connectivity index (χ3v) is 7.65. The van der Waals surface area contributed by atoms with E-state index in [0.717, 1.165) is 28.1 Å². The number of hydrogen-bond donors (Lipinski definition) is 0. The quantitative estimate of drug-likeness (QED) is 0.264. The molecular formula is C26H26FNO3S2. The number of carbonyl (C=O) groups is 1. The Labute approximate surface area is 199 Å². The fourth-order valence-corrected chi connectivity index (χ4v) is 5.48. The van der Waals surface area contributed by atoms with E-state index in [4.69, 9.17) is 0 Å². The van der Waals surface area contributed by atoms with Crippen molar-refractivity contribution in [3.8, 4) is 0 Å². The number of carbonyl (C=O) groups excluding carboxylic acids is 1. The molecule has 3 aromatic carbocycles. The van der Waals surface area contributed by atoms with Gasteiger partial charge in [0.25, 0.3) is 15.9 Å². The minimum absolute atomic E-state index is 0.0444. The Kier molecular flexibility index (Phi) is 8.47. The Balaban J connectivity index is 2.04. The molecule has 0 aliphatic heterocycles. The number of sulfonamides is 1. The molecule has 0 radical (unpaired) electrons. The van der Waals surface area contributed by atoms with Crippen molar-refractivity contribution in [1.82, 2.24) is 4.31 Å². The maximum Gasteiger partial charge on any atom is 0.274 e. The molecule has 3 aromatic rings. The number of benzene rings is 3. The van der Waals surface area contributed by atoms with E-state index in [0.29, 0.717) is 16.9 Å². The second kappa shape index (κ2) is 11.3. The maximum absolute atomic E-state index is 13.7. The Morgan fingerprint density at radius 2 is 1.70 bits per heavy atom. The van der Waals surface area contributed by atoms with Gasteiger partial charge in [-0.05, 0) is 49.2 Å². The molecule has 3 rings (SSSR count). The standard InChI is InChI=1S/C26H26FNO3S2/c1-3-4-13-25(32-23-12-8-11-22(27)18-23)26(29)28(19-21-9-6-5-7-10-21)33(30,31)24-16-14-20(2)15-17-24/h5-18H,3-4,19H2,1-2H3/b25-13+. The molecule has 33 heavy (non-hydrogen) atoms. The van der Waals surface area contributed by atoms with Crippen LogP contribution in [0.25, 0.3) is 0 Å². The number of nitrogens with zero attached hydrogens (tertiary/aromatic N) is 1. The first-order valence-corrected chi connectivity index (χ1v) is 12.9. The summed E-state index contributed by atoms with van der Waals surface area (Å²) in [6.45, 7) is 3.73. The van der Waals surface area contributed by atoms with Crippen molar-refractivity contribution in [3.05, 3.63) is 107 Å². The van der Waals surface area contributed by atoms with Gasteiger partial charge in [0.1, 0.15) is 5.82 Å². The first-order valence-electron chi connectivity index (χ1n) is 10.6. The number of thioether (sulfide) groups is 1. The van der Waals surface area contributed by atoms with E-state index in [1.807, 2.05) is 19.9 Å². The van der Waals surface area contributed by atoms with Crippen LogP contribution in [0.2, 0.25) is 0 Å². The Morgan fingerprint density at radius 1 is 1.00 bits per heavy atom. The van der Waals surface area contributed by atoms with Gasteiger partial charge >= 0.3 is 0 Å². The second-order valence-electron chi connectivity index (χ2n) is 7.53. The number of allylic oxidation sites excluding steroid dienone is 1. The van der Waals surface area contributed by atoms with Gasteiger partial charge in [-0.15, -0.1) is 0 Å². The van der Waals surface area contributed by atoms with Gasteiger partial charge in [-0.2, -0.15) is 0 Å². The zero-order valence-corrected chi connectivity index (χ0v) is 20.2. The molecule has 0 aromatic heterocycles. The van der Waals surface area contributed by atoms with E-state index < -0.39 is 21.7 Å². The molecule has 1 amide bonds. The van der Waals surface area contributed by atoms with Crippen molar-refractivity contribution in [2.45, 2.75) is 43.0 Å². The van der Waals surface area contributed by atoms with Crippen LogP contribution in [0, 0.1) is 12.7 Å². The summed E-state index contributed by atoms with van der Waals surface area (Å²) in [4.78, 5) is 14.5. The summed E-state index contributed by atoms with van der Waals surface area (Å²) in [5.41, 5.74) is 1.60. The highest BCUT2D eigenvalue weighted by molar-refractivity contribution is 8.04. The molecule has 0 N–H and O–H groups in total. The molecule has 0 saturated heterocycles. The Morgan fingerprint density at radius 3 is 2.33 bits per heavy atom. The summed E-state index contributed by atoms with van der Waals surface area (Å²) in [5, 5.41) is 0. The molecule has 172 valence electrons. The Bertz CT molecular complexity index is 1220. The highest BCUT2D eigenvalue weighted by atomic mass is 32.2. The van der Waals surface area contributed by atoms with E-state index in [-0.39, 0.29) is 16.3 Å². The zero-order chi connectivity index (χ0) is 23.8. The molecule has 0 unspecified atom stereocenters. The van der Waals surface area contributed by atoms with Crippen LogP contribution >= 0.6 is 11.8 Å². The van der Waals surface area contributed by atoms with Gasteiger partial charge in [0.2, 0.25) is 0 Å². The number of halogens is 1. The smallest absolute Gasteiger partial charge is 0.267 e. The summed E-state index contributed by atoms with van der Waals surface area (Å²) < 4.78 is 41.8. The summed E-state index contributed by atoms with van der Waals surface area (Å²) in [5.74, 6) is -1.06. The summed E-state index contributed by atoms with van der Waals surface area (Å²) in [7, 11) is -4.13. The van der Waals surface area contributed by atoms with E-state index in [1.165, 1.54) is 24.3 Å². The van der Waals surface area contributed by atoms with Crippen LogP contribution in [0.15, 0.2) is 99.6 Å². The average molecular weight is 484 g/mol. The van der Waals surface area contributed by atoms with Gasteiger partial charge in [-0.1, -0.05) is 85.3 Å². The molecule has 4 nitrogen and oxygen atoms in total. The number of rotatable bonds is 9. The first-order chi connectivity index (χ1) is 15.8. The summed E-state index contributed by atoms with van der Waals surface area (Å²) in [6, 6.07) is 21.3. The molecule has 0 spiro atoms. The lowest BCUT2D eigenvalue weighted by Crippen LogP contribution is -2.37. The van der Waals surface area contributed by atoms with Crippen LogP contribution in [0.3, 0.4) is 0 Å². The van der Waals surface area contributed by atoms with Gasteiger partial charge in [-0.25, -0.2) is 17.1 Å². The highest BCUT2D eigenvalue weighted by Crippen LogP contribution is 2.31. The van der Waals surface area contributed by atoms with Gasteiger partial charge in [0, 0.05) is 4.90 Å². The predicted molar refractivity (Wildman–Crippen MR) is 131 cm³/mol. The largest absolute Gasteiger partial charge is 0.274 e. The minimum Gasteiger partial charge on any atom is -0.267 e. The predicted octanol–water partition coefficient (Wildman–Crippen LogP) is 6.33. The Hall–Kier alpha value is -2.90. The molecule has 7 heteroatoms. The molecule has 0 fully saturated rings. The van der Waals surface area contributed by atoms with E-state index >= 15 is 0 Å². The van der Waals surface area contributed by atoms with Crippen molar-refractivity contribution in [2.24, 2.45) is 0 Å². The molecular weight excluding hydrogens is 457 g/mol. The van der Waals surface area contributed by atoms with Crippen LogP contribution in [0.1, 0.15) is 30.9 Å². The maximum atomic E-state index is 13.7. The monoisotopic (exact) mass is 483 g/mol. The fourth-order valence-electron chi connectivity index (χ4n) is 3.08. The van der Waals surface area contributed by atoms with E-state index in [9.17, 15) is 17.6 Å². The third-order valence-electron chi connectivity index (χ3n) is 4.86. The lowest BCUT2D eigenvalue weighted by atomic mass is 10.2. The lowest BCUT2D eigenvalue weighted by Gasteiger charge is -2.24. The van der Waals surface area contributed by atoms with Gasteiger partial charge in [0.15, 0.2) is 0 Å². The van der Waals surface area contributed by atoms with Crippen molar-refractivity contribution < 1.29 is 17.6 Å². The van der Waals surface area contributed by atoms with Crippen molar-refractivity contribution in [3.63, 3.8) is 0 Å².